The van der Waals surface area contributed by atoms with Gasteiger partial charge in [0.25, 0.3) is 0 Å². The minimum atomic E-state index is -1.22. The van der Waals surface area contributed by atoms with E-state index in [1.807, 2.05) is 6.92 Å². The van der Waals surface area contributed by atoms with Crippen molar-refractivity contribution in [3.05, 3.63) is 0 Å². The van der Waals surface area contributed by atoms with Crippen LogP contribution < -0.4 is 0 Å². The van der Waals surface area contributed by atoms with Crippen LogP contribution in [0.5, 0.6) is 0 Å². The van der Waals surface area contributed by atoms with E-state index < -0.39 is 6.29 Å². The first-order valence-corrected chi connectivity index (χ1v) is 3.71. The first-order valence-electron chi connectivity index (χ1n) is 3.71. The van der Waals surface area contributed by atoms with E-state index in [9.17, 15) is 0 Å². The van der Waals surface area contributed by atoms with Crippen LogP contribution in [0.2, 0.25) is 0 Å². The lowest BCUT2D eigenvalue weighted by Crippen LogP contribution is -2.08. The summed E-state index contributed by atoms with van der Waals surface area (Å²) in [4.78, 5) is 0. The smallest absolute Gasteiger partial charge is 0.151 e. The summed E-state index contributed by atoms with van der Waals surface area (Å²) in [7, 11) is 0. The van der Waals surface area contributed by atoms with Gasteiger partial charge in [0.05, 0.1) is 6.10 Å². The molecular formula is C7H16O3. The fourth-order valence-corrected chi connectivity index (χ4v) is 0.740. The maximum atomic E-state index is 9.01. The normalized spacial score (nSPS) is 14.1. The molecule has 0 saturated carbocycles. The molecule has 0 spiro atoms. The van der Waals surface area contributed by atoms with Gasteiger partial charge in [-0.3, -0.25) is 0 Å². The molecule has 0 heterocycles. The third-order valence-electron chi connectivity index (χ3n) is 1.47. The van der Waals surface area contributed by atoms with E-state index in [1.165, 1.54) is 0 Å². The SMILES string of the molecule is CCC(O)CCCC(O)O. The highest BCUT2D eigenvalue weighted by atomic mass is 16.5. The molecule has 62 valence electrons. The Labute approximate surface area is 61.3 Å². The Kier molecular flexibility index (Phi) is 5.58. The fraction of sp³-hybridized carbons (Fsp3) is 1.00. The molecule has 0 fully saturated rings. The van der Waals surface area contributed by atoms with Crippen LogP contribution in [0, 0.1) is 0 Å². The lowest BCUT2D eigenvalue weighted by atomic mass is 10.1. The van der Waals surface area contributed by atoms with Gasteiger partial charge in [-0.1, -0.05) is 6.92 Å². The van der Waals surface area contributed by atoms with Crippen molar-refractivity contribution in [2.45, 2.75) is 45.0 Å². The molecule has 0 aromatic carbocycles. The second-order valence-corrected chi connectivity index (χ2v) is 2.47. The molecule has 0 aliphatic heterocycles. The first-order chi connectivity index (χ1) is 4.66. The van der Waals surface area contributed by atoms with Crippen molar-refractivity contribution in [3.8, 4) is 0 Å². The van der Waals surface area contributed by atoms with Gasteiger partial charge in [0.2, 0.25) is 0 Å². The van der Waals surface area contributed by atoms with Crippen molar-refractivity contribution in [1.82, 2.24) is 0 Å². The van der Waals surface area contributed by atoms with Crippen molar-refractivity contribution < 1.29 is 15.3 Å². The Balaban J connectivity index is 3.03. The van der Waals surface area contributed by atoms with Gasteiger partial charge in [0, 0.05) is 0 Å². The summed E-state index contributed by atoms with van der Waals surface area (Å²) in [5.41, 5.74) is 0. The minimum Gasteiger partial charge on any atom is -0.393 e. The van der Waals surface area contributed by atoms with E-state index in [0.29, 0.717) is 19.3 Å². The van der Waals surface area contributed by atoms with Gasteiger partial charge in [0.15, 0.2) is 6.29 Å². The lowest BCUT2D eigenvalue weighted by molar-refractivity contribution is -0.0480. The lowest BCUT2D eigenvalue weighted by Gasteiger charge is -2.07. The maximum Gasteiger partial charge on any atom is 0.151 e. The Morgan fingerprint density at radius 2 is 1.70 bits per heavy atom. The van der Waals surface area contributed by atoms with Crippen LogP contribution in [0.1, 0.15) is 32.6 Å². The second-order valence-electron chi connectivity index (χ2n) is 2.47. The molecule has 0 aromatic heterocycles. The zero-order valence-corrected chi connectivity index (χ0v) is 6.32. The molecule has 0 amide bonds. The van der Waals surface area contributed by atoms with Crippen LogP contribution in [0.25, 0.3) is 0 Å². The van der Waals surface area contributed by atoms with Crippen molar-refractivity contribution in [2.24, 2.45) is 0 Å². The van der Waals surface area contributed by atoms with Crippen LogP contribution in [-0.4, -0.2) is 27.7 Å². The number of hydrogen-bond donors (Lipinski definition) is 3. The van der Waals surface area contributed by atoms with E-state index in [0.717, 1.165) is 6.42 Å². The molecule has 10 heavy (non-hydrogen) atoms. The number of aliphatic hydroxyl groups excluding tert-OH is 2. The van der Waals surface area contributed by atoms with Crippen LogP contribution >= 0.6 is 0 Å². The van der Waals surface area contributed by atoms with Gasteiger partial charge >= 0.3 is 0 Å². The molecule has 0 bridgehead atoms. The van der Waals surface area contributed by atoms with Gasteiger partial charge in [0.1, 0.15) is 0 Å². The minimum absolute atomic E-state index is 0.279. The molecule has 1 unspecified atom stereocenters. The molecule has 3 nitrogen and oxygen atoms in total. The van der Waals surface area contributed by atoms with Gasteiger partial charge in [-0.2, -0.15) is 0 Å². The third kappa shape index (κ3) is 6.01. The molecule has 0 aliphatic carbocycles. The maximum absolute atomic E-state index is 9.01. The van der Waals surface area contributed by atoms with Crippen molar-refractivity contribution in [1.29, 1.82) is 0 Å². The topological polar surface area (TPSA) is 60.7 Å². The van der Waals surface area contributed by atoms with Crippen LogP contribution in [0.4, 0.5) is 0 Å². The highest BCUT2D eigenvalue weighted by Gasteiger charge is 2.02. The van der Waals surface area contributed by atoms with Crippen LogP contribution in [0.3, 0.4) is 0 Å². The predicted molar refractivity (Wildman–Crippen MR) is 38.4 cm³/mol. The molecule has 0 rings (SSSR count). The summed E-state index contributed by atoms with van der Waals surface area (Å²) in [5.74, 6) is 0. The fourth-order valence-electron chi connectivity index (χ4n) is 0.740. The molecular weight excluding hydrogens is 132 g/mol. The molecule has 1 atom stereocenters. The summed E-state index contributed by atoms with van der Waals surface area (Å²) in [6.45, 7) is 1.90. The number of rotatable bonds is 5. The van der Waals surface area contributed by atoms with Crippen LogP contribution in [-0.2, 0) is 0 Å². The van der Waals surface area contributed by atoms with E-state index in [1.54, 1.807) is 0 Å². The van der Waals surface area contributed by atoms with Crippen molar-refractivity contribution in [2.75, 3.05) is 0 Å². The molecule has 0 aliphatic rings. The largest absolute Gasteiger partial charge is 0.393 e. The van der Waals surface area contributed by atoms with Gasteiger partial charge in [-0.25, -0.2) is 0 Å². The van der Waals surface area contributed by atoms with E-state index >= 15 is 0 Å². The number of aliphatic hydroxyl groups is 3. The van der Waals surface area contributed by atoms with Gasteiger partial charge in [-0.15, -0.1) is 0 Å². The second kappa shape index (κ2) is 5.65. The molecule has 0 saturated heterocycles. The van der Waals surface area contributed by atoms with Crippen molar-refractivity contribution >= 4 is 0 Å². The molecule has 0 radical (unpaired) electrons. The van der Waals surface area contributed by atoms with Crippen LogP contribution in [0.15, 0.2) is 0 Å². The molecule has 0 aromatic rings. The first kappa shape index (κ1) is 9.88. The average Bonchev–Trinajstić information content (AvgIpc) is 1.87. The van der Waals surface area contributed by atoms with E-state index in [4.69, 9.17) is 15.3 Å². The van der Waals surface area contributed by atoms with Gasteiger partial charge < -0.3 is 15.3 Å². The Hall–Kier alpha value is -0.120. The highest BCUT2D eigenvalue weighted by molar-refractivity contribution is 4.52. The zero-order chi connectivity index (χ0) is 7.98. The van der Waals surface area contributed by atoms with Gasteiger partial charge in [-0.05, 0) is 25.7 Å². The highest BCUT2D eigenvalue weighted by Crippen LogP contribution is 2.04. The summed E-state index contributed by atoms with van der Waals surface area (Å²) in [5, 5.41) is 25.8. The Morgan fingerprint density at radius 3 is 2.10 bits per heavy atom. The summed E-state index contributed by atoms with van der Waals surface area (Å²) in [6, 6.07) is 0. The standard InChI is InChI=1S/C7H16O3/c1-2-6(8)4-3-5-7(9)10/h6-10H,2-5H2,1H3. The summed E-state index contributed by atoms with van der Waals surface area (Å²) >= 11 is 0. The predicted octanol–water partition coefficient (Wildman–Crippen LogP) is 0.238. The summed E-state index contributed by atoms with van der Waals surface area (Å²) in [6.07, 6.45) is 0.933. The molecule has 3 heteroatoms. The third-order valence-corrected chi connectivity index (χ3v) is 1.47. The van der Waals surface area contributed by atoms with E-state index in [-0.39, 0.29) is 6.10 Å². The van der Waals surface area contributed by atoms with E-state index in [2.05, 4.69) is 0 Å². The zero-order valence-electron chi connectivity index (χ0n) is 6.32. The molecule has 3 N–H and O–H groups in total. The number of hydrogen-bond acceptors (Lipinski definition) is 3. The average molecular weight is 148 g/mol. The van der Waals surface area contributed by atoms with Crippen molar-refractivity contribution in [3.63, 3.8) is 0 Å². The Morgan fingerprint density at radius 1 is 1.10 bits per heavy atom. The quantitative estimate of drug-likeness (QED) is 0.489. The monoisotopic (exact) mass is 148 g/mol. The summed E-state index contributed by atoms with van der Waals surface area (Å²) < 4.78 is 0. The Bertz CT molecular complexity index is 73.3.